The lowest BCUT2D eigenvalue weighted by Gasteiger charge is -2.30. The Hall–Kier alpha value is -2.86. The second kappa shape index (κ2) is 7.76. The Morgan fingerprint density at radius 3 is 2.87 bits per heavy atom. The second-order valence-corrected chi connectivity index (χ2v) is 8.61. The Morgan fingerprint density at radius 2 is 2.03 bits per heavy atom. The van der Waals surface area contributed by atoms with Crippen molar-refractivity contribution in [3.63, 3.8) is 0 Å². The van der Waals surface area contributed by atoms with Gasteiger partial charge < -0.3 is 15.3 Å². The number of nitrogens with zero attached hydrogens (tertiary/aromatic N) is 2. The summed E-state index contributed by atoms with van der Waals surface area (Å²) in [5, 5.41) is 18.7. The highest BCUT2D eigenvalue weighted by atomic mass is 16.3. The maximum absolute atomic E-state index is 12.6. The van der Waals surface area contributed by atoms with E-state index in [-0.39, 0.29) is 17.5 Å². The summed E-state index contributed by atoms with van der Waals surface area (Å²) in [6.45, 7) is 3.18. The van der Waals surface area contributed by atoms with Crippen LogP contribution in [0.5, 0.6) is 5.75 Å². The summed E-state index contributed by atoms with van der Waals surface area (Å²) in [7, 11) is 0. The van der Waals surface area contributed by atoms with Crippen LogP contribution in [0.25, 0.3) is 11.1 Å². The summed E-state index contributed by atoms with van der Waals surface area (Å²) in [5.41, 5.74) is 7.66. The summed E-state index contributed by atoms with van der Waals surface area (Å²) in [5.74, 6) is 0.326. The van der Waals surface area contributed by atoms with Crippen molar-refractivity contribution in [1.82, 2.24) is 10.7 Å². The molecule has 1 fully saturated rings. The van der Waals surface area contributed by atoms with Crippen LogP contribution >= 0.6 is 0 Å². The fourth-order valence-electron chi connectivity index (χ4n) is 4.86. The Kier molecular flexibility index (Phi) is 4.95. The zero-order valence-corrected chi connectivity index (χ0v) is 17.3. The van der Waals surface area contributed by atoms with Crippen molar-refractivity contribution in [2.75, 3.05) is 11.6 Å². The van der Waals surface area contributed by atoms with Crippen molar-refractivity contribution >= 4 is 17.3 Å². The molecule has 2 aromatic carbocycles. The number of nitrogens with one attached hydrogen (secondary N) is 2. The molecule has 0 radical (unpaired) electrons. The van der Waals surface area contributed by atoms with Crippen molar-refractivity contribution in [3.05, 3.63) is 47.5 Å². The largest absolute Gasteiger partial charge is 0.507 e. The van der Waals surface area contributed by atoms with Gasteiger partial charge in [0, 0.05) is 23.8 Å². The second-order valence-electron chi connectivity index (χ2n) is 8.61. The molecule has 156 valence electrons. The van der Waals surface area contributed by atoms with Crippen LogP contribution in [0.3, 0.4) is 0 Å². The van der Waals surface area contributed by atoms with E-state index in [0.717, 1.165) is 28.9 Å². The third-order valence-corrected chi connectivity index (χ3v) is 6.62. The predicted molar refractivity (Wildman–Crippen MR) is 119 cm³/mol. The summed E-state index contributed by atoms with van der Waals surface area (Å²) in [6, 6.07) is 12.7. The number of ketones is 1. The first-order valence-corrected chi connectivity index (χ1v) is 10.9. The number of phenols is 1. The number of benzene rings is 2. The molecule has 1 aliphatic carbocycles. The molecule has 0 amide bonds. The molecule has 2 aromatic rings. The van der Waals surface area contributed by atoms with E-state index in [2.05, 4.69) is 28.0 Å². The number of Topliss-reactive ketones (excluding diaryl/α,β-unsaturated/α-hetero) is 1. The normalized spacial score (nSPS) is 21.1. The van der Waals surface area contributed by atoms with Crippen LogP contribution in [0.1, 0.15) is 56.1 Å². The molecule has 2 aliphatic heterocycles. The molecule has 1 unspecified atom stereocenters. The number of hydrogen-bond donors (Lipinski definition) is 3. The first kappa shape index (κ1) is 19.1. The number of carbonyl (C=O) groups is 1. The lowest BCUT2D eigenvalue weighted by atomic mass is 9.87. The van der Waals surface area contributed by atoms with E-state index in [1.165, 1.54) is 37.7 Å². The minimum absolute atomic E-state index is 0.0181. The highest BCUT2D eigenvalue weighted by molar-refractivity contribution is 6.47. The Labute approximate surface area is 177 Å². The average molecular weight is 405 g/mol. The van der Waals surface area contributed by atoms with Crippen LogP contribution in [0.15, 0.2) is 41.5 Å². The number of anilines is 1. The van der Waals surface area contributed by atoms with Crippen LogP contribution in [-0.4, -0.2) is 29.4 Å². The minimum Gasteiger partial charge on any atom is -0.507 e. The fourth-order valence-corrected chi connectivity index (χ4v) is 4.86. The number of aromatic hydroxyl groups is 1. The van der Waals surface area contributed by atoms with Crippen molar-refractivity contribution in [1.29, 1.82) is 0 Å². The number of phenolic OH excluding ortho intramolecular Hbond substituents is 1. The van der Waals surface area contributed by atoms with Crippen LogP contribution in [0.4, 0.5) is 5.69 Å². The molecule has 0 bridgehead atoms. The molecule has 0 spiro atoms. The summed E-state index contributed by atoms with van der Waals surface area (Å²) >= 11 is 0. The monoisotopic (exact) mass is 404 g/mol. The molecule has 2 heterocycles. The molecule has 3 aliphatic rings. The lowest BCUT2D eigenvalue weighted by molar-refractivity contribution is -0.114. The Balaban J connectivity index is 1.44. The van der Waals surface area contributed by atoms with E-state index < -0.39 is 0 Å². The van der Waals surface area contributed by atoms with Gasteiger partial charge in [0.2, 0.25) is 5.78 Å². The van der Waals surface area contributed by atoms with E-state index >= 15 is 0 Å². The zero-order valence-electron chi connectivity index (χ0n) is 17.3. The van der Waals surface area contributed by atoms with Gasteiger partial charge in [0.25, 0.3) is 0 Å². The molecular weight excluding hydrogens is 376 g/mol. The Bertz CT molecular complexity index is 1010. The highest BCUT2D eigenvalue weighted by Gasteiger charge is 2.38. The quantitative estimate of drug-likeness (QED) is 0.722. The van der Waals surface area contributed by atoms with Gasteiger partial charge in [0.1, 0.15) is 12.4 Å². The van der Waals surface area contributed by atoms with Crippen LogP contribution in [0.2, 0.25) is 0 Å². The van der Waals surface area contributed by atoms with Crippen molar-refractivity contribution in [3.8, 4) is 16.9 Å². The van der Waals surface area contributed by atoms with Gasteiger partial charge in [-0.25, -0.2) is 0 Å². The van der Waals surface area contributed by atoms with Gasteiger partial charge in [-0.3, -0.25) is 10.2 Å². The lowest BCUT2D eigenvalue weighted by Crippen LogP contribution is -2.41. The zero-order chi connectivity index (χ0) is 20.7. The number of hydrogen-bond acceptors (Lipinski definition) is 6. The molecule has 1 atom stereocenters. The van der Waals surface area contributed by atoms with E-state index in [0.29, 0.717) is 18.5 Å². The summed E-state index contributed by atoms with van der Waals surface area (Å²) < 4.78 is 0. The number of rotatable bonds is 4. The third-order valence-electron chi connectivity index (χ3n) is 6.62. The van der Waals surface area contributed by atoms with Crippen molar-refractivity contribution in [2.45, 2.75) is 57.5 Å². The van der Waals surface area contributed by atoms with Gasteiger partial charge in [-0.1, -0.05) is 44.4 Å². The van der Waals surface area contributed by atoms with Crippen molar-refractivity contribution < 1.29 is 9.90 Å². The van der Waals surface area contributed by atoms with E-state index in [4.69, 9.17) is 0 Å². The Morgan fingerprint density at radius 1 is 1.20 bits per heavy atom. The van der Waals surface area contributed by atoms with E-state index in [9.17, 15) is 9.90 Å². The van der Waals surface area contributed by atoms with E-state index in [1.807, 2.05) is 30.0 Å². The van der Waals surface area contributed by atoms with Crippen LogP contribution in [-0.2, 0) is 11.3 Å². The predicted octanol–water partition coefficient (Wildman–Crippen LogP) is 3.85. The molecule has 30 heavy (non-hydrogen) atoms. The van der Waals surface area contributed by atoms with Gasteiger partial charge >= 0.3 is 0 Å². The van der Waals surface area contributed by atoms with Crippen LogP contribution in [0, 0.1) is 0 Å². The van der Waals surface area contributed by atoms with Gasteiger partial charge in [0.15, 0.2) is 5.84 Å². The molecule has 6 heteroatoms. The van der Waals surface area contributed by atoms with Gasteiger partial charge in [0.05, 0.1) is 5.92 Å². The summed E-state index contributed by atoms with van der Waals surface area (Å²) in [6.07, 6.45) is 6.51. The first-order valence-electron chi connectivity index (χ1n) is 10.9. The SMILES string of the molecule is CC1C(=O)C2=NNCN2c2cc(-c3cccc(CNC4CCCCC4)c3)c(O)cc21. The van der Waals surface area contributed by atoms with Crippen LogP contribution < -0.4 is 15.6 Å². The van der Waals surface area contributed by atoms with Gasteiger partial charge in [-0.2, -0.15) is 5.10 Å². The average Bonchev–Trinajstić information content (AvgIpc) is 3.27. The van der Waals surface area contributed by atoms with Crippen molar-refractivity contribution in [2.24, 2.45) is 5.10 Å². The molecule has 5 rings (SSSR count). The first-order chi connectivity index (χ1) is 14.6. The molecule has 0 aromatic heterocycles. The topological polar surface area (TPSA) is 77.0 Å². The number of carbonyl (C=O) groups excluding carboxylic acids is 1. The number of hydrazone groups is 1. The number of amidine groups is 1. The highest BCUT2D eigenvalue weighted by Crippen LogP contribution is 2.42. The molecule has 6 nitrogen and oxygen atoms in total. The summed E-state index contributed by atoms with van der Waals surface area (Å²) in [4.78, 5) is 14.5. The third kappa shape index (κ3) is 3.35. The smallest absolute Gasteiger partial charge is 0.207 e. The number of fused-ring (bicyclic) bond motifs is 3. The van der Waals surface area contributed by atoms with E-state index in [1.54, 1.807) is 6.07 Å². The molecule has 0 saturated heterocycles. The molecule has 1 saturated carbocycles. The maximum Gasteiger partial charge on any atom is 0.207 e. The van der Waals surface area contributed by atoms with Gasteiger partial charge in [-0.15, -0.1) is 0 Å². The molecule has 3 N–H and O–H groups in total. The fraction of sp³-hybridized carbons (Fsp3) is 0.417. The van der Waals surface area contributed by atoms with Gasteiger partial charge in [-0.05, 0) is 47.7 Å². The minimum atomic E-state index is -0.319. The standard InChI is InChI=1S/C24H28N4O2/c1-15-19-12-22(29)20(11-21(19)28-14-26-27-24(28)23(15)30)17-7-5-6-16(10-17)13-25-18-8-3-2-4-9-18/h5-7,10-12,15,18,25-26,29H,2-4,8-9,13-14H2,1H3. The molecular formula is C24H28N4O2. The maximum atomic E-state index is 12.6.